The van der Waals surface area contributed by atoms with Gasteiger partial charge < -0.3 is 9.67 Å². The summed E-state index contributed by atoms with van der Waals surface area (Å²) in [4.78, 5) is 22.1. The van der Waals surface area contributed by atoms with E-state index in [1.807, 2.05) is 36.4 Å². The molecular weight excluding hydrogens is 476 g/mol. The highest BCUT2D eigenvalue weighted by atomic mass is 32.2. The van der Waals surface area contributed by atoms with E-state index < -0.39 is 10.9 Å². The molecule has 36 heavy (non-hydrogen) atoms. The van der Waals surface area contributed by atoms with E-state index in [1.165, 1.54) is 12.1 Å². The minimum Gasteiger partial charge on any atom is -0.478 e. The lowest BCUT2D eigenvalue weighted by Crippen LogP contribution is -2.07. The van der Waals surface area contributed by atoms with Gasteiger partial charge in [-0.25, -0.2) is 4.79 Å². The number of rotatable bonds is 11. The van der Waals surface area contributed by atoms with Gasteiger partial charge in [0.15, 0.2) is 5.16 Å². The first-order chi connectivity index (χ1) is 17.5. The number of benzene rings is 3. The molecule has 3 aromatic carbocycles. The predicted octanol–water partition coefficient (Wildman–Crippen LogP) is 6.23. The molecule has 0 aliphatic heterocycles. The van der Waals surface area contributed by atoms with Crippen LogP contribution in [-0.4, -0.2) is 30.8 Å². The Morgan fingerprint density at radius 2 is 1.69 bits per heavy atom. The molecule has 9 heteroatoms. The van der Waals surface area contributed by atoms with Crippen molar-refractivity contribution in [1.82, 2.24) is 14.8 Å². The third-order valence-electron chi connectivity index (χ3n) is 5.83. The first kappa shape index (κ1) is 25.1. The number of aryl methyl sites for hydroxylation is 1. The summed E-state index contributed by atoms with van der Waals surface area (Å²) >= 11 is 1.55. The number of hydrogen-bond donors (Lipinski definition) is 1. The molecule has 0 bridgehead atoms. The number of carboxylic acid groups (broad SMARTS) is 1. The van der Waals surface area contributed by atoms with Gasteiger partial charge in [-0.3, -0.25) is 10.1 Å². The van der Waals surface area contributed by atoms with E-state index >= 15 is 0 Å². The zero-order valence-corrected chi connectivity index (χ0v) is 20.6. The smallest absolute Gasteiger partial charge is 0.336 e. The first-order valence-electron chi connectivity index (χ1n) is 11.7. The number of aromatic carboxylic acids is 1. The van der Waals surface area contributed by atoms with Crippen molar-refractivity contribution < 1.29 is 14.8 Å². The number of thioether (sulfide) groups is 1. The van der Waals surface area contributed by atoms with Crippen molar-refractivity contribution in [3.8, 4) is 11.1 Å². The number of nitro benzene ring substituents is 1. The Morgan fingerprint density at radius 1 is 1.00 bits per heavy atom. The maximum Gasteiger partial charge on any atom is 0.336 e. The Morgan fingerprint density at radius 3 is 2.36 bits per heavy atom. The van der Waals surface area contributed by atoms with Crippen LogP contribution >= 0.6 is 11.8 Å². The fraction of sp³-hybridized carbons (Fsp3) is 0.222. The number of nitrogens with zero attached hydrogens (tertiary/aromatic N) is 4. The minimum absolute atomic E-state index is 0.0724. The molecule has 0 saturated heterocycles. The van der Waals surface area contributed by atoms with Crippen LogP contribution in [0.15, 0.2) is 78.0 Å². The zero-order chi connectivity index (χ0) is 25.5. The average molecular weight is 503 g/mol. The fourth-order valence-corrected chi connectivity index (χ4v) is 4.77. The summed E-state index contributed by atoms with van der Waals surface area (Å²) < 4.78 is 2.12. The SMILES string of the molecule is CCCCc1nnc(SCc2ccc([N+](=O)[O-])cc2)n1Cc1ccc(-c2ccccc2C(=O)O)cc1. The van der Waals surface area contributed by atoms with Crippen molar-refractivity contribution in [2.24, 2.45) is 0 Å². The number of carbonyl (C=O) groups is 1. The summed E-state index contributed by atoms with van der Waals surface area (Å²) in [6.07, 6.45) is 2.89. The maximum atomic E-state index is 11.6. The Labute approximate surface area is 213 Å². The molecule has 0 fully saturated rings. The number of carboxylic acids is 1. The van der Waals surface area contributed by atoms with Gasteiger partial charge in [0.25, 0.3) is 5.69 Å². The van der Waals surface area contributed by atoms with E-state index in [0.717, 1.165) is 46.9 Å². The molecule has 0 aliphatic carbocycles. The first-order valence-corrected chi connectivity index (χ1v) is 12.6. The Balaban J connectivity index is 1.54. The van der Waals surface area contributed by atoms with Crippen LogP contribution in [0.25, 0.3) is 11.1 Å². The van der Waals surface area contributed by atoms with Crippen LogP contribution in [0.5, 0.6) is 0 Å². The molecular formula is C27H26N4O4S. The van der Waals surface area contributed by atoms with Crippen LogP contribution in [0.4, 0.5) is 5.69 Å². The highest BCUT2D eigenvalue weighted by Crippen LogP contribution is 2.27. The summed E-state index contributed by atoms with van der Waals surface area (Å²) in [6, 6.07) is 21.4. The molecule has 8 nitrogen and oxygen atoms in total. The predicted molar refractivity (Wildman–Crippen MR) is 139 cm³/mol. The quantitative estimate of drug-likeness (QED) is 0.147. The topological polar surface area (TPSA) is 111 Å². The molecule has 0 radical (unpaired) electrons. The van der Waals surface area contributed by atoms with Crippen LogP contribution in [0, 0.1) is 10.1 Å². The number of unbranched alkanes of at least 4 members (excludes halogenated alkanes) is 1. The molecule has 4 rings (SSSR count). The largest absolute Gasteiger partial charge is 0.478 e. The van der Waals surface area contributed by atoms with Crippen LogP contribution in [-0.2, 0) is 18.7 Å². The van der Waals surface area contributed by atoms with E-state index in [0.29, 0.717) is 17.9 Å². The second-order valence-electron chi connectivity index (χ2n) is 8.35. The van der Waals surface area contributed by atoms with E-state index in [9.17, 15) is 20.0 Å². The molecule has 0 amide bonds. The third kappa shape index (κ3) is 5.98. The van der Waals surface area contributed by atoms with Gasteiger partial charge in [-0.1, -0.05) is 79.7 Å². The lowest BCUT2D eigenvalue weighted by molar-refractivity contribution is -0.384. The summed E-state index contributed by atoms with van der Waals surface area (Å²) in [5.74, 6) is 0.590. The monoisotopic (exact) mass is 502 g/mol. The Hall–Kier alpha value is -3.98. The highest BCUT2D eigenvalue weighted by Gasteiger charge is 2.15. The normalized spacial score (nSPS) is 10.9. The molecule has 184 valence electrons. The van der Waals surface area contributed by atoms with Crippen molar-refractivity contribution >= 4 is 23.4 Å². The van der Waals surface area contributed by atoms with E-state index in [-0.39, 0.29) is 11.3 Å². The van der Waals surface area contributed by atoms with Crippen molar-refractivity contribution in [2.45, 2.75) is 43.6 Å². The molecule has 0 saturated carbocycles. The van der Waals surface area contributed by atoms with Crippen LogP contribution in [0.2, 0.25) is 0 Å². The number of nitro groups is 1. The number of hydrogen-bond acceptors (Lipinski definition) is 6. The van der Waals surface area contributed by atoms with E-state index in [1.54, 1.807) is 36.0 Å². The molecule has 0 atom stereocenters. The van der Waals surface area contributed by atoms with Gasteiger partial charge in [0.05, 0.1) is 17.0 Å². The van der Waals surface area contributed by atoms with Gasteiger partial charge >= 0.3 is 5.97 Å². The molecule has 4 aromatic rings. The van der Waals surface area contributed by atoms with Crippen molar-refractivity contribution in [1.29, 1.82) is 0 Å². The van der Waals surface area contributed by atoms with Gasteiger partial charge in [-0.2, -0.15) is 0 Å². The second kappa shape index (κ2) is 11.6. The lowest BCUT2D eigenvalue weighted by Gasteiger charge is -2.12. The van der Waals surface area contributed by atoms with E-state index in [2.05, 4.69) is 21.7 Å². The van der Waals surface area contributed by atoms with Crippen molar-refractivity contribution in [3.05, 3.63) is 105 Å². The Kier molecular flexibility index (Phi) is 8.12. The third-order valence-corrected chi connectivity index (χ3v) is 6.86. The standard InChI is InChI=1S/C27H26N4O4S/c1-2-3-8-25-28-29-27(36-18-20-11-15-22(16-12-20)31(34)35)30(25)17-19-9-13-21(14-10-19)23-6-4-5-7-24(23)26(32)33/h4-7,9-16H,2-3,8,17-18H2,1H3,(H,32,33). The average Bonchev–Trinajstić information content (AvgIpc) is 3.27. The summed E-state index contributed by atoms with van der Waals surface area (Å²) in [7, 11) is 0. The number of aromatic nitrogens is 3. The zero-order valence-electron chi connectivity index (χ0n) is 19.8. The molecule has 0 spiro atoms. The van der Waals surface area contributed by atoms with Gasteiger partial charge in [-0.15, -0.1) is 10.2 Å². The summed E-state index contributed by atoms with van der Waals surface area (Å²) in [6.45, 7) is 2.73. The lowest BCUT2D eigenvalue weighted by atomic mass is 9.99. The van der Waals surface area contributed by atoms with E-state index in [4.69, 9.17) is 0 Å². The van der Waals surface area contributed by atoms with Crippen LogP contribution < -0.4 is 0 Å². The molecule has 0 unspecified atom stereocenters. The second-order valence-corrected chi connectivity index (χ2v) is 9.29. The fourth-order valence-electron chi connectivity index (χ4n) is 3.86. The Bertz CT molecular complexity index is 1350. The summed E-state index contributed by atoms with van der Waals surface area (Å²) in [5.41, 5.74) is 3.90. The van der Waals surface area contributed by atoms with Crippen molar-refractivity contribution in [3.63, 3.8) is 0 Å². The van der Waals surface area contributed by atoms with Crippen LogP contribution in [0.1, 0.15) is 47.1 Å². The van der Waals surface area contributed by atoms with Gasteiger partial charge in [-0.05, 0) is 34.7 Å². The van der Waals surface area contributed by atoms with Gasteiger partial charge in [0.2, 0.25) is 0 Å². The number of non-ortho nitro benzene ring substituents is 1. The minimum atomic E-state index is -0.950. The van der Waals surface area contributed by atoms with Crippen molar-refractivity contribution in [2.75, 3.05) is 0 Å². The summed E-state index contributed by atoms with van der Waals surface area (Å²) in [5, 5.41) is 30.1. The molecule has 1 aromatic heterocycles. The van der Waals surface area contributed by atoms with Gasteiger partial charge in [0.1, 0.15) is 5.82 Å². The molecule has 0 aliphatic rings. The molecule has 1 N–H and O–H groups in total. The maximum absolute atomic E-state index is 11.6. The molecule has 1 heterocycles. The highest BCUT2D eigenvalue weighted by molar-refractivity contribution is 7.98. The van der Waals surface area contributed by atoms with Gasteiger partial charge in [0, 0.05) is 24.3 Å². The van der Waals surface area contributed by atoms with Crippen LogP contribution in [0.3, 0.4) is 0 Å².